The summed E-state index contributed by atoms with van der Waals surface area (Å²) in [7, 11) is 1.43. The zero-order valence-electron chi connectivity index (χ0n) is 8.00. The summed E-state index contributed by atoms with van der Waals surface area (Å²) in [6.45, 7) is 1.49. The quantitative estimate of drug-likeness (QED) is 0.839. The highest BCUT2D eigenvalue weighted by molar-refractivity contribution is 6.32. The Bertz CT molecular complexity index is 361. The Balaban J connectivity index is 3.09. The fraction of sp³-hybridized carbons (Fsp3) is 0.300. The minimum Gasteiger partial charge on any atom is -0.503 e. The van der Waals surface area contributed by atoms with Crippen LogP contribution in [0.4, 0.5) is 0 Å². The maximum absolute atomic E-state index is 10.9. The number of halogens is 1. The summed E-state index contributed by atoms with van der Waals surface area (Å²) in [5.41, 5.74) is 0.733. The first-order valence-corrected chi connectivity index (χ1v) is 4.47. The van der Waals surface area contributed by atoms with Crippen molar-refractivity contribution in [2.75, 3.05) is 7.11 Å². The lowest BCUT2D eigenvalue weighted by atomic mass is 10.1. The zero-order valence-corrected chi connectivity index (χ0v) is 8.76. The van der Waals surface area contributed by atoms with Crippen LogP contribution >= 0.6 is 11.6 Å². The molecule has 1 aromatic rings. The Hall–Kier alpha value is -1.22. The first-order chi connectivity index (χ1) is 6.54. The third-order valence-electron chi connectivity index (χ3n) is 1.76. The van der Waals surface area contributed by atoms with Gasteiger partial charge in [-0.25, -0.2) is 0 Å². The van der Waals surface area contributed by atoms with E-state index in [1.165, 1.54) is 14.0 Å². The van der Waals surface area contributed by atoms with Crippen LogP contribution < -0.4 is 4.74 Å². The van der Waals surface area contributed by atoms with Crippen LogP contribution in [0.15, 0.2) is 12.1 Å². The van der Waals surface area contributed by atoms with Crippen LogP contribution in [0.3, 0.4) is 0 Å². The Morgan fingerprint density at radius 2 is 2.21 bits per heavy atom. The van der Waals surface area contributed by atoms with Gasteiger partial charge in [-0.3, -0.25) is 4.79 Å². The number of rotatable bonds is 3. The second kappa shape index (κ2) is 4.33. The van der Waals surface area contributed by atoms with E-state index in [0.717, 1.165) is 5.56 Å². The third-order valence-corrected chi connectivity index (χ3v) is 2.05. The number of Topliss-reactive ketones (excluding diaryl/α,β-unsaturated/α-hetero) is 1. The molecule has 3 nitrogen and oxygen atoms in total. The molecule has 0 heterocycles. The summed E-state index contributed by atoms with van der Waals surface area (Å²) in [5.74, 6) is 0.226. The number of phenolic OH excluding ortho intramolecular Hbond substituents is 1. The van der Waals surface area contributed by atoms with Crippen molar-refractivity contribution in [2.24, 2.45) is 0 Å². The van der Waals surface area contributed by atoms with Crippen LogP contribution in [-0.4, -0.2) is 18.0 Å². The number of aromatic hydroxyl groups is 1. The molecule has 0 aliphatic carbocycles. The molecule has 1 rings (SSSR count). The predicted octanol–water partition coefficient (Wildman–Crippen LogP) is 2.19. The predicted molar refractivity (Wildman–Crippen MR) is 54.1 cm³/mol. The first-order valence-electron chi connectivity index (χ1n) is 4.09. The van der Waals surface area contributed by atoms with Crippen molar-refractivity contribution in [1.29, 1.82) is 0 Å². The number of carbonyl (C=O) groups is 1. The molecule has 0 spiro atoms. The molecule has 0 aliphatic rings. The van der Waals surface area contributed by atoms with Crippen LogP contribution in [-0.2, 0) is 11.2 Å². The topological polar surface area (TPSA) is 46.5 Å². The molecule has 4 heteroatoms. The van der Waals surface area contributed by atoms with Gasteiger partial charge in [0.2, 0.25) is 0 Å². The summed E-state index contributed by atoms with van der Waals surface area (Å²) < 4.78 is 4.90. The third kappa shape index (κ3) is 2.39. The molecule has 0 bridgehead atoms. The number of hydrogen-bond donors (Lipinski definition) is 1. The van der Waals surface area contributed by atoms with Gasteiger partial charge in [0.15, 0.2) is 11.5 Å². The number of ketones is 1. The lowest BCUT2D eigenvalue weighted by Crippen LogP contribution is -1.97. The van der Waals surface area contributed by atoms with E-state index < -0.39 is 0 Å². The molecule has 0 aliphatic heterocycles. The molecule has 0 fully saturated rings. The average molecular weight is 215 g/mol. The Morgan fingerprint density at radius 3 is 2.71 bits per heavy atom. The van der Waals surface area contributed by atoms with Crippen molar-refractivity contribution >= 4 is 17.4 Å². The normalized spacial score (nSPS) is 9.93. The van der Waals surface area contributed by atoms with Crippen molar-refractivity contribution in [2.45, 2.75) is 13.3 Å². The molecule has 1 N–H and O–H groups in total. The molecule has 0 radical (unpaired) electrons. The summed E-state index contributed by atoms with van der Waals surface area (Å²) in [4.78, 5) is 10.9. The van der Waals surface area contributed by atoms with Crippen LogP contribution in [0.5, 0.6) is 11.5 Å². The highest BCUT2D eigenvalue weighted by Gasteiger charge is 2.09. The van der Waals surface area contributed by atoms with E-state index in [2.05, 4.69) is 0 Å². The molecular formula is C10H11ClO3. The number of phenols is 1. The summed E-state index contributed by atoms with van der Waals surface area (Å²) in [6.07, 6.45) is 0.288. The van der Waals surface area contributed by atoms with Gasteiger partial charge in [0.1, 0.15) is 5.78 Å². The van der Waals surface area contributed by atoms with E-state index in [9.17, 15) is 9.90 Å². The molecule has 0 aromatic heterocycles. The van der Waals surface area contributed by atoms with Crippen LogP contribution in [0.1, 0.15) is 12.5 Å². The van der Waals surface area contributed by atoms with Gasteiger partial charge in [-0.15, -0.1) is 0 Å². The van der Waals surface area contributed by atoms with Crippen molar-refractivity contribution in [3.63, 3.8) is 0 Å². The number of carbonyl (C=O) groups excluding carboxylic acids is 1. The molecule has 76 valence electrons. The van der Waals surface area contributed by atoms with Gasteiger partial charge in [-0.05, 0) is 24.6 Å². The van der Waals surface area contributed by atoms with Gasteiger partial charge in [0, 0.05) is 6.42 Å². The second-order valence-electron chi connectivity index (χ2n) is 3.01. The lowest BCUT2D eigenvalue weighted by molar-refractivity contribution is -0.116. The van der Waals surface area contributed by atoms with Crippen molar-refractivity contribution < 1.29 is 14.6 Å². The minimum atomic E-state index is -0.0959. The molecule has 0 unspecified atom stereocenters. The molecule has 0 atom stereocenters. The standard InChI is InChI=1S/C10H11ClO3/c1-6(12)3-7-4-8(11)10(13)9(5-7)14-2/h4-5,13H,3H2,1-2H3. The fourth-order valence-electron chi connectivity index (χ4n) is 1.17. The van der Waals surface area contributed by atoms with Gasteiger partial charge in [0.25, 0.3) is 0 Å². The smallest absolute Gasteiger partial charge is 0.176 e. The SMILES string of the molecule is COc1cc(CC(C)=O)cc(Cl)c1O. The molecule has 14 heavy (non-hydrogen) atoms. The first kappa shape index (κ1) is 10.9. The van der Waals surface area contributed by atoms with E-state index >= 15 is 0 Å². The van der Waals surface area contributed by atoms with Crippen molar-refractivity contribution in [1.82, 2.24) is 0 Å². The summed E-state index contributed by atoms with van der Waals surface area (Å²) >= 11 is 5.74. The van der Waals surface area contributed by atoms with Gasteiger partial charge in [-0.2, -0.15) is 0 Å². The van der Waals surface area contributed by atoms with Gasteiger partial charge >= 0.3 is 0 Å². The highest BCUT2D eigenvalue weighted by Crippen LogP contribution is 2.34. The number of hydrogen-bond acceptors (Lipinski definition) is 3. The molecule has 0 saturated carbocycles. The average Bonchev–Trinajstić information content (AvgIpc) is 2.10. The maximum atomic E-state index is 10.9. The minimum absolute atomic E-state index is 0.0359. The van der Waals surface area contributed by atoms with E-state index in [-0.39, 0.29) is 28.7 Å². The monoisotopic (exact) mass is 214 g/mol. The molecule has 0 saturated heterocycles. The van der Waals surface area contributed by atoms with E-state index in [0.29, 0.717) is 0 Å². The van der Waals surface area contributed by atoms with Gasteiger partial charge in [-0.1, -0.05) is 11.6 Å². The van der Waals surface area contributed by atoms with E-state index in [1.807, 2.05) is 0 Å². The largest absolute Gasteiger partial charge is 0.503 e. The fourth-order valence-corrected chi connectivity index (χ4v) is 1.41. The zero-order chi connectivity index (χ0) is 10.7. The highest BCUT2D eigenvalue weighted by atomic mass is 35.5. The lowest BCUT2D eigenvalue weighted by Gasteiger charge is -2.07. The maximum Gasteiger partial charge on any atom is 0.176 e. The van der Waals surface area contributed by atoms with Crippen molar-refractivity contribution in [3.8, 4) is 11.5 Å². The van der Waals surface area contributed by atoms with Gasteiger partial charge in [0.05, 0.1) is 12.1 Å². The van der Waals surface area contributed by atoms with Crippen molar-refractivity contribution in [3.05, 3.63) is 22.7 Å². The number of benzene rings is 1. The van der Waals surface area contributed by atoms with E-state index in [4.69, 9.17) is 16.3 Å². The summed E-state index contributed by atoms with van der Waals surface area (Å²) in [6, 6.07) is 3.16. The number of methoxy groups -OCH3 is 1. The van der Waals surface area contributed by atoms with Crippen LogP contribution in [0.25, 0.3) is 0 Å². The molecule has 1 aromatic carbocycles. The second-order valence-corrected chi connectivity index (χ2v) is 3.41. The van der Waals surface area contributed by atoms with Gasteiger partial charge < -0.3 is 9.84 Å². The Labute approximate surface area is 87.3 Å². The van der Waals surface area contributed by atoms with Crippen LogP contribution in [0.2, 0.25) is 5.02 Å². The number of ether oxygens (including phenoxy) is 1. The van der Waals surface area contributed by atoms with Crippen LogP contribution in [0, 0.1) is 0 Å². The Morgan fingerprint density at radius 1 is 1.57 bits per heavy atom. The Kier molecular flexibility index (Phi) is 3.36. The van der Waals surface area contributed by atoms with E-state index in [1.54, 1.807) is 12.1 Å². The summed E-state index contributed by atoms with van der Waals surface area (Å²) in [5, 5.41) is 9.61. The molecular weight excluding hydrogens is 204 g/mol. The molecule has 0 amide bonds.